The predicted octanol–water partition coefficient (Wildman–Crippen LogP) is -0.261. The third-order valence-electron chi connectivity index (χ3n) is 2.08. The first-order valence-electron chi connectivity index (χ1n) is 5.32. The molecule has 0 spiro atoms. The topological polar surface area (TPSA) is 112 Å². The highest BCUT2D eigenvalue weighted by Gasteiger charge is 2.18. The van der Waals surface area contributed by atoms with Crippen molar-refractivity contribution >= 4 is 23.3 Å². The lowest BCUT2D eigenvalue weighted by Gasteiger charge is -2.12. The van der Waals surface area contributed by atoms with Crippen LogP contribution in [-0.4, -0.2) is 46.4 Å². The Bertz CT molecular complexity index is 421. The Kier molecular flexibility index (Phi) is 5.53. The van der Waals surface area contributed by atoms with Gasteiger partial charge in [0.2, 0.25) is 0 Å². The summed E-state index contributed by atoms with van der Waals surface area (Å²) in [5, 5.41) is 24.8. The Morgan fingerprint density at radius 1 is 1.56 bits per heavy atom. The molecule has 0 bridgehead atoms. The molecule has 7 nitrogen and oxygen atoms in total. The molecule has 100 valence electrons. The fraction of sp³-hybridized carbons (Fsp3) is 0.500. The number of urea groups is 1. The number of hydrogen-bond acceptors (Lipinski definition) is 5. The molecule has 0 radical (unpaired) electrons. The number of hydrogen-bond donors (Lipinski definition) is 4. The average molecular weight is 273 g/mol. The number of nitrogens with zero attached hydrogens (tertiary/aromatic N) is 1. The Balaban J connectivity index is 2.26. The highest BCUT2D eigenvalue weighted by Crippen LogP contribution is 2.08. The van der Waals surface area contributed by atoms with Gasteiger partial charge >= 0.3 is 12.0 Å². The van der Waals surface area contributed by atoms with E-state index in [0.29, 0.717) is 13.0 Å². The van der Waals surface area contributed by atoms with Crippen molar-refractivity contribution in [3.05, 3.63) is 16.1 Å². The van der Waals surface area contributed by atoms with E-state index in [1.54, 1.807) is 0 Å². The zero-order valence-electron chi connectivity index (χ0n) is 9.84. The number of amides is 2. The van der Waals surface area contributed by atoms with E-state index in [2.05, 4.69) is 15.6 Å². The number of carboxylic acid groups (broad SMARTS) is 1. The van der Waals surface area contributed by atoms with Crippen molar-refractivity contribution in [3.8, 4) is 0 Å². The maximum atomic E-state index is 11.3. The molecule has 0 aromatic carbocycles. The van der Waals surface area contributed by atoms with Crippen LogP contribution in [0, 0.1) is 6.92 Å². The van der Waals surface area contributed by atoms with Crippen molar-refractivity contribution in [2.24, 2.45) is 0 Å². The minimum atomic E-state index is -1.29. The van der Waals surface area contributed by atoms with Crippen molar-refractivity contribution < 1.29 is 19.8 Å². The maximum absolute atomic E-state index is 11.3. The lowest BCUT2D eigenvalue weighted by Crippen LogP contribution is -2.48. The molecule has 1 aromatic rings. The van der Waals surface area contributed by atoms with E-state index in [-0.39, 0.29) is 0 Å². The van der Waals surface area contributed by atoms with Crippen LogP contribution in [0.2, 0.25) is 0 Å². The first kappa shape index (κ1) is 14.4. The number of aryl methyl sites for hydroxylation is 1. The van der Waals surface area contributed by atoms with Gasteiger partial charge in [-0.3, -0.25) is 0 Å². The molecule has 0 aliphatic heterocycles. The first-order valence-corrected chi connectivity index (χ1v) is 6.20. The number of carbonyl (C=O) groups is 2. The second-order valence-corrected chi connectivity index (χ2v) is 4.55. The van der Waals surface area contributed by atoms with Crippen LogP contribution in [0.4, 0.5) is 4.79 Å². The second kappa shape index (κ2) is 6.92. The van der Waals surface area contributed by atoms with Crippen LogP contribution in [0.15, 0.2) is 5.38 Å². The minimum Gasteiger partial charge on any atom is -0.480 e. The molecule has 1 aromatic heterocycles. The van der Waals surface area contributed by atoms with Crippen molar-refractivity contribution in [1.29, 1.82) is 0 Å². The zero-order chi connectivity index (χ0) is 13.5. The Hall–Kier alpha value is -1.67. The molecule has 4 N–H and O–H groups in total. The molecule has 8 heteroatoms. The van der Waals surface area contributed by atoms with Gasteiger partial charge in [-0.15, -0.1) is 11.3 Å². The SMILES string of the molecule is Cc1csc(CCNC(=O)N[C@@H](CO)C(=O)O)n1. The molecule has 1 atom stereocenters. The Labute approximate surface area is 108 Å². The fourth-order valence-electron chi connectivity index (χ4n) is 1.20. The summed E-state index contributed by atoms with van der Waals surface area (Å²) in [6, 6.07) is -1.91. The standard InChI is InChI=1S/C10H15N3O4S/c1-6-5-18-8(12-6)2-3-11-10(17)13-7(4-14)9(15)16/h5,7,14H,2-4H2,1H3,(H,15,16)(H2,11,13,17)/t7-/m0/s1. The quantitative estimate of drug-likeness (QED) is 0.570. The molecule has 0 fully saturated rings. The van der Waals surface area contributed by atoms with Crippen LogP contribution in [0.25, 0.3) is 0 Å². The highest BCUT2D eigenvalue weighted by atomic mass is 32.1. The van der Waals surface area contributed by atoms with Gasteiger partial charge in [-0.05, 0) is 6.92 Å². The number of rotatable bonds is 6. The molecule has 0 aliphatic rings. The van der Waals surface area contributed by atoms with E-state index in [9.17, 15) is 9.59 Å². The molecule has 2 amide bonds. The Morgan fingerprint density at radius 3 is 2.78 bits per heavy atom. The number of aliphatic hydroxyl groups excluding tert-OH is 1. The minimum absolute atomic E-state index is 0.358. The lowest BCUT2D eigenvalue weighted by atomic mass is 10.3. The van der Waals surface area contributed by atoms with E-state index < -0.39 is 24.6 Å². The summed E-state index contributed by atoms with van der Waals surface area (Å²) in [6.07, 6.45) is 0.586. The van der Waals surface area contributed by atoms with Crippen LogP contribution < -0.4 is 10.6 Å². The van der Waals surface area contributed by atoms with E-state index in [4.69, 9.17) is 10.2 Å². The summed E-state index contributed by atoms with van der Waals surface area (Å²) in [4.78, 5) is 26.1. The molecular weight excluding hydrogens is 258 g/mol. The molecule has 1 rings (SSSR count). The van der Waals surface area contributed by atoms with Gasteiger partial charge in [0.25, 0.3) is 0 Å². The molecule has 18 heavy (non-hydrogen) atoms. The third kappa shape index (κ3) is 4.68. The summed E-state index contributed by atoms with van der Waals surface area (Å²) >= 11 is 1.51. The van der Waals surface area contributed by atoms with Gasteiger partial charge in [-0.25, -0.2) is 14.6 Å². The molecule has 0 unspecified atom stereocenters. The number of carbonyl (C=O) groups excluding carboxylic acids is 1. The number of carboxylic acids is 1. The molecule has 0 saturated carbocycles. The molecule has 0 aliphatic carbocycles. The van der Waals surface area contributed by atoms with Crippen LogP contribution >= 0.6 is 11.3 Å². The predicted molar refractivity (Wildman–Crippen MR) is 65.6 cm³/mol. The smallest absolute Gasteiger partial charge is 0.328 e. The summed E-state index contributed by atoms with van der Waals surface area (Å²) < 4.78 is 0. The van der Waals surface area contributed by atoms with Crippen molar-refractivity contribution in [2.45, 2.75) is 19.4 Å². The first-order chi connectivity index (χ1) is 8.52. The summed E-state index contributed by atoms with van der Waals surface area (Å²) in [5.41, 5.74) is 0.936. The van der Waals surface area contributed by atoms with Crippen LogP contribution in [0.5, 0.6) is 0 Å². The maximum Gasteiger partial charge on any atom is 0.328 e. The monoisotopic (exact) mass is 273 g/mol. The molecule has 0 saturated heterocycles. The van der Waals surface area contributed by atoms with E-state index in [1.807, 2.05) is 12.3 Å². The fourth-order valence-corrected chi connectivity index (χ4v) is 1.97. The largest absolute Gasteiger partial charge is 0.480 e. The van der Waals surface area contributed by atoms with Gasteiger partial charge in [0.1, 0.15) is 0 Å². The van der Waals surface area contributed by atoms with Crippen LogP contribution in [0.1, 0.15) is 10.7 Å². The second-order valence-electron chi connectivity index (χ2n) is 3.61. The van der Waals surface area contributed by atoms with E-state index in [1.165, 1.54) is 11.3 Å². The van der Waals surface area contributed by atoms with Crippen molar-refractivity contribution in [3.63, 3.8) is 0 Å². The van der Waals surface area contributed by atoms with Gasteiger partial charge in [0, 0.05) is 24.0 Å². The summed E-state index contributed by atoms with van der Waals surface area (Å²) in [5.74, 6) is -1.27. The van der Waals surface area contributed by atoms with Gasteiger partial charge < -0.3 is 20.8 Å². The van der Waals surface area contributed by atoms with Crippen molar-refractivity contribution in [1.82, 2.24) is 15.6 Å². The molecule has 1 heterocycles. The molecular formula is C10H15N3O4S. The van der Waals surface area contributed by atoms with Crippen LogP contribution in [-0.2, 0) is 11.2 Å². The highest BCUT2D eigenvalue weighted by molar-refractivity contribution is 7.09. The van der Waals surface area contributed by atoms with Gasteiger partial charge in [0.05, 0.1) is 11.6 Å². The number of thiazole rings is 1. The van der Waals surface area contributed by atoms with Crippen LogP contribution in [0.3, 0.4) is 0 Å². The van der Waals surface area contributed by atoms with Gasteiger partial charge in [-0.2, -0.15) is 0 Å². The summed E-state index contributed by atoms with van der Waals surface area (Å²) in [7, 11) is 0. The Morgan fingerprint density at radius 2 is 2.28 bits per heavy atom. The van der Waals surface area contributed by atoms with Gasteiger partial charge in [-0.1, -0.05) is 0 Å². The third-order valence-corrected chi connectivity index (χ3v) is 3.10. The average Bonchev–Trinajstić information content (AvgIpc) is 2.71. The number of aromatic nitrogens is 1. The zero-order valence-corrected chi connectivity index (χ0v) is 10.7. The van der Waals surface area contributed by atoms with Gasteiger partial charge in [0.15, 0.2) is 6.04 Å². The number of aliphatic carboxylic acids is 1. The number of aliphatic hydroxyl groups is 1. The van der Waals surface area contributed by atoms with E-state index in [0.717, 1.165) is 10.7 Å². The van der Waals surface area contributed by atoms with E-state index >= 15 is 0 Å². The lowest BCUT2D eigenvalue weighted by molar-refractivity contribution is -0.140. The summed E-state index contributed by atoms with van der Waals surface area (Å²) in [6.45, 7) is 1.60. The number of nitrogens with one attached hydrogen (secondary N) is 2. The normalized spacial score (nSPS) is 11.9. The van der Waals surface area contributed by atoms with Crippen molar-refractivity contribution in [2.75, 3.05) is 13.2 Å².